The largest absolute Gasteiger partial charge is 0.455 e. The first-order chi connectivity index (χ1) is 31.2. The van der Waals surface area contributed by atoms with E-state index in [1.165, 1.54) is 16.7 Å². The van der Waals surface area contributed by atoms with Gasteiger partial charge in [0.2, 0.25) is 0 Å². The summed E-state index contributed by atoms with van der Waals surface area (Å²) in [5.74, 6) is 1.80. The number of benzene rings is 10. The van der Waals surface area contributed by atoms with Gasteiger partial charge in [0.15, 0.2) is 17.5 Å². The fourth-order valence-electron chi connectivity index (χ4n) is 8.93. The first-order valence-electron chi connectivity index (χ1n) is 21.2. The molecular formula is C59H37N3O. The summed E-state index contributed by atoms with van der Waals surface area (Å²) < 4.78 is 6.94. The van der Waals surface area contributed by atoms with Crippen molar-refractivity contribution in [1.29, 1.82) is 0 Å². The van der Waals surface area contributed by atoms with Gasteiger partial charge in [-0.15, -0.1) is 0 Å². The van der Waals surface area contributed by atoms with Gasteiger partial charge in [0.1, 0.15) is 11.2 Å². The smallest absolute Gasteiger partial charge is 0.164 e. The van der Waals surface area contributed by atoms with Gasteiger partial charge in [-0.3, -0.25) is 0 Å². The minimum Gasteiger partial charge on any atom is -0.455 e. The minimum absolute atomic E-state index is 0.585. The number of aromatic nitrogens is 3. The Bertz CT molecular complexity index is 3630. The molecule has 294 valence electrons. The highest BCUT2D eigenvalue weighted by atomic mass is 16.3. The van der Waals surface area contributed by atoms with Crippen LogP contribution in [0.2, 0.25) is 0 Å². The Hall–Kier alpha value is -8.47. The van der Waals surface area contributed by atoms with Crippen molar-refractivity contribution in [3.63, 3.8) is 0 Å². The molecule has 0 N–H and O–H groups in total. The Balaban J connectivity index is 0.978. The number of fused-ring (bicyclic) bond motifs is 6. The van der Waals surface area contributed by atoms with Crippen LogP contribution < -0.4 is 0 Å². The van der Waals surface area contributed by atoms with Crippen molar-refractivity contribution in [2.75, 3.05) is 0 Å². The molecule has 0 spiro atoms. The van der Waals surface area contributed by atoms with Gasteiger partial charge >= 0.3 is 0 Å². The van der Waals surface area contributed by atoms with E-state index in [4.69, 9.17) is 19.4 Å². The number of hydrogen-bond donors (Lipinski definition) is 0. The van der Waals surface area contributed by atoms with Crippen LogP contribution in [-0.4, -0.2) is 15.0 Å². The van der Waals surface area contributed by atoms with Gasteiger partial charge in [-0.05, 0) is 72.6 Å². The van der Waals surface area contributed by atoms with E-state index in [1.807, 2.05) is 12.1 Å². The molecule has 0 aliphatic carbocycles. The zero-order valence-corrected chi connectivity index (χ0v) is 34.1. The summed E-state index contributed by atoms with van der Waals surface area (Å²) in [5, 5.41) is 6.55. The van der Waals surface area contributed by atoms with E-state index >= 15 is 0 Å². The molecule has 2 aromatic heterocycles. The third-order valence-corrected chi connectivity index (χ3v) is 12.2. The van der Waals surface area contributed by atoms with Crippen molar-refractivity contribution in [2.45, 2.75) is 0 Å². The first kappa shape index (κ1) is 36.4. The van der Waals surface area contributed by atoms with Crippen LogP contribution in [0, 0.1) is 0 Å². The number of hydrogen-bond acceptors (Lipinski definition) is 4. The molecule has 0 fully saturated rings. The predicted molar refractivity (Wildman–Crippen MR) is 260 cm³/mol. The van der Waals surface area contributed by atoms with E-state index in [1.54, 1.807) is 0 Å². The number of para-hydroxylation sites is 1. The van der Waals surface area contributed by atoms with Crippen LogP contribution in [0.3, 0.4) is 0 Å². The van der Waals surface area contributed by atoms with Crippen LogP contribution in [-0.2, 0) is 0 Å². The molecule has 63 heavy (non-hydrogen) atoms. The monoisotopic (exact) mass is 803 g/mol. The standard InChI is InChI=1S/C59H37N3O/c1-3-12-38(13-4-1)41-22-24-43(25-23-41)44-26-31-45(32-27-44)49-20-11-21-52-55-51-19-10-9-18-50(51)53(37-54(55)63-56(49)52)59-61-57(46-33-28-42(29-34-46)39-14-5-2-6-15-39)60-58(62-59)48-35-30-40-16-7-8-17-47(40)36-48/h1-37H. The summed E-state index contributed by atoms with van der Waals surface area (Å²) in [6, 6.07) is 78.7. The van der Waals surface area contributed by atoms with Crippen molar-refractivity contribution in [2.24, 2.45) is 0 Å². The second-order valence-corrected chi connectivity index (χ2v) is 16.0. The average molecular weight is 804 g/mol. The zero-order chi connectivity index (χ0) is 41.7. The number of furan rings is 1. The van der Waals surface area contributed by atoms with Crippen LogP contribution in [0.1, 0.15) is 0 Å². The molecule has 12 aromatic rings. The van der Waals surface area contributed by atoms with Gasteiger partial charge in [-0.25, -0.2) is 15.0 Å². The third-order valence-electron chi connectivity index (χ3n) is 12.2. The highest BCUT2D eigenvalue weighted by Crippen LogP contribution is 2.43. The van der Waals surface area contributed by atoms with Crippen molar-refractivity contribution in [3.8, 4) is 78.7 Å². The maximum Gasteiger partial charge on any atom is 0.164 e. The quantitative estimate of drug-likeness (QED) is 0.161. The Kier molecular flexibility index (Phi) is 8.79. The van der Waals surface area contributed by atoms with E-state index in [0.29, 0.717) is 17.5 Å². The van der Waals surface area contributed by atoms with Gasteiger partial charge < -0.3 is 4.42 Å². The Labute approximate surface area is 364 Å². The van der Waals surface area contributed by atoms with Gasteiger partial charge in [0, 0.05) is 33.0 Å². The normalized spacial score (nSPS) is 11.5. The molecule has 0 aliphatic rings. The van der Waals surface area contributed by atoms with E-state index in [0.717, 1.165) is 88.0 Å². The fraction of sp³-hybridized carbons (Fsp3) is 0. The number of rotatable bonds is 7. The molecule has 4 heteroatoms. The lowest BCUT2D eigenvalue weighted by molar-refractivity contribution is 0.670. The van der Waals surface area contributed by atoms with Crippen LogP contribution >= 0.6 is 0 Å². The van der Waals surface area contributed by atoms with E-state index in [9.17, 15) is 0 Å². The van der Waals surface area contributed by atoms with Crippen molar-refractivity contribution < 1.29 is 4.42 Å². The second kappa shape index (κ2) is 15.2. The maximum absolute atomic E-state index is 6.94. The maximum atomic E-state index is 6.94. The first-order valence-corrected chi connectivity index (χ1v) is 21.2. The lowest BCUT2D eigenvalue weighted by atomic mass is 9.96. The van der Waals surface area contributed by atoms with Gasteiger partial charge in [-0.1, -0.05) is 212 Å². The second-order valence-electron chi connectivity index (χ2n) is 16.0. The molecule has 0 aliphatic heterocycles. The zero-order valence-electron chi connectivity index (χ0n) is 34.1. The highest BCUT2D eigenvalue weighted by molar-refractivity contribution is 6.23. The molecule has 0 radical (unpaired) electrons. The van der Waals surface area contributed by atoms with Gasteiger partial charge in [-0.2, -0.15) is 0 Å². The summed E-state index contributed by atoms with van der Waals surface area (Å²) in [6.45, 7) is 0. The molecule has 0 amide bonds. The molecule has 0 unspecified atom stereocenters. The van der Waals surface area contributed by atoms with Crippen molar-refractivity contribution >= 4 is 43.5 Å². The molecule has 4 nitrogen and oxygen atoms in total. The fourth-order valence-corrected chi connectivity index (χ4v) is 8.93. The minimum atomic E-state index is 0.585. The summed E-state index contributed by atoms with van der Waals surface area (Å²) >= 11 is 0. The average Bonchev–Trinajstić information content (AvgIpc) is 3.76. The molecule has 0 atom stereocenters. The lowest BCUT2D eigenvalue weighted by Crippen LogP contribution is -2.00. The van der Waals surface area contributed by atoms with Crippen LogP contribution in [0.4, 0.5) is 0 Å². The topological polar surface area (TPSA) is 51.8 Å². The molecule has 12 rings (SSSR count). The molecule has 0 bridgehead atoms. The SMILES string of the molecule is c1ccc(-c2ccc(-c3ccc(-c4cccc5c4oc4cc(-c6nc(-c7ccc(-c8ccccc8)cc7)nc(-c7ccc8ccccc8c7)n6)c6ccccc6c45)cc3)cc2)cc1. The highest BCUT2D eigenvalue weighted by Gasteiger charge is 2.21. The predicted octanol–water partition coefficient (Wildman–Crippen LogP) is 15.7. The summed E-state index contributed by atoms with van der Waals surface area (Å²) in [5.41, 5.74) is 13.5. The Morgan fingerprint density at radius 1 is 0.270 bits per heavy atom. The molecule has 0 saturated carbocycles. The molecular weight excluding hydrogens is 767 g/mol. The van der Waals surface area contributed by atoms with Crippen molar-refractivity contribution in [1.82, 2.24) is 15.0 Å². The Morgan fingerprint density at radius 2 is 0.730 bits per heavy atom. The third kappa shape index (κ3) is 6.62. The van der Waals surface area contributed by atoms with Crippen LogP contribution in [0.25, 0.3) is 122 Å². The van der Waals surface area contributed by atoms with E-state index < -0.39 is 0 Å². The Morgan fingerprint density at radius 3 is 1.37 bits per heavy atom. The molecule has 10 aromatic carbocycles. The lowest BCUT2D eigenvalue weighted by Gasteiger charge is -2.12. The van der Waals surface area contributed by atoms with E-state index in [2.05, 4.69) is 212 Å². The summed E-state index contributed by atoms with van der Waals surface area (Å²) in [6.07, 6.45) is 0. The van der Waals surface area contributed by atoms with Crippen molar-refractivity contribution in [3.05, 3.63) is 224 Å². The van der Waals surface area contributed by atoms with Crippen LogP contribution in [0.5, 0.6) is 0 Å². The van der Waals surface area contributed by atoms with Gasteiger partial charge in [0.25, 0.3) is 0 Å². The van der Waals surface area contributed by atoms with Gasteiger partial charge in [0.05, 0.1) is 0 Å². The summed E-state index contributed by atoms with van der Waals surface area (Å²) in [7, 11) is 0. The molecule has 0 saturated heterocycles. The van der Waals surface area contributed by atoms with Crippen LogP contribution in [0.15, 0.2) is 229 Å². The molecule has 2 heterocycles. The summed E-state index contributed by atoms with van der Waals surface area (Å²) in [4.78, 5) is 15.6. The van der Waals surface area contributed by atoms with E-state index in [-0.39, 0.29) is 0 Å². The number of nitrogens with zero attached hydrogens (tertiary/aromatic N) is 3.